The highest BCUT2D eigenvalue weighted by Crippen LogP contribution is 2.12. The van der Waals surface area contributed by atoms with Crippen LogP contribution in [0.15, 0.2) is 30.3 Å². The predicted octanol–water partition coefficient (Wildman–Crippen LogP) is 1.72. The van der Waals surface area contributed by atoms with Crippen LogP contribution in [0.5, 0.6) is 0 Å². The van der Waals surface area contributed by atoms with E-state index in [1.165, 1.54) is 5.56 Å². The molecule has 1 atom stereocenters. The van der Waals surface area contributed by atoms with Crippen molar-refractivity contribution >= 4 is 23.2 Å². The lowest BCUT2D eigenvalue weighted by atomic mass is 10.1. The molecule has 1 aromatic carbocycles. The number of amides is 1. The lowest BCUT2D eigenvalue weighted by Crippen LogP contribution is -2.38. The van der Waals surface area contributed by atoms with Crippen LogP contribution in [0.25, 0.3) is 0 Å². The molecule has 3 nitrogen and oxygen atoms in total. The molecule has 1 aliphatic rings. The first-order valence-corrected chi connectivity index (χ1v) is 6.23. The maximum absolute atomic E-state index is 11.6. The van der Waals surface area contributed by atoms with Crippen molar-refractivity contribution in [2.75, 3.05) is 6.54 Å². The van der Waals surface area contributed by atoms with Crippen molar-refractivity contribution in [2.45, 2.75) is 25.8 Å². The predicted molar refractivity (Wildman–Crippen MR) is 71.7 cm³/mol. The lowest BCUT2D eigenvalue weighted by molar-refractivity contribution is -0.125. The van der Waals surface area contributed by atoms with Crippen LogP contribution < -0.4 is 5.32 Å². The summed E-state index contributed by atoms with van der Waals surface area (Å²) >= 11 is 5.12. The molecule has 1 N–H and O–H groups in total. The molecule has 17 heavy (non-hydrogen) atoms. The van der Waals surface area contributed by atoms with Crippen molar-refractivity contribution in [3.05, 3.63) is 35.9 Å². The summed E-state index contributed by atoms with van der Waals surface area (Å²) < 4.78 is 0. The number of hydrogen-bond acceptors (Lipinski definition) is 2. The highest BCUT2D eigenvalue weighted by Gasteiger charge is 2.29. The summed E-state index contributed by atoms with van der Waals surface area (Å²) in [6.07, 6.45) is 1.89. The Bertz CT molecular complexity index is 403. The van der Waals surface area contributed by atoms with Crippen molar-refractivity contribution in [1.82, 2.24) is 10.2 Å². The Balaban J connectivity index is 1.91. The highest BCUT2D eigenvalue weighted by atomic mass is 32.1. The fraction of sp³-hybridized carbons (Fsp3) is 0.385. The number of thiocarbonyl (C=S) groups is 1. The minimum atomic E-state index is 0.0792. The quantitative estimate of drug-likeness (QED) is 0.824. The Morgan fingerprint density at radius 2 is 2.12 bits per heavy atom. The van der Waals surface area contributed by atoms with Crippen molar-refractivity contribution < 1.29 is 4.79 Å². The molecule has 4 heteroatoms. The summed E-state index contributed by atoms with van der Waals surface area (Å²) in [5, 5.41) is 3.47. The smallest absolute Gasteiger partial charge is 0.248 e. The van der Waals surface area contributed by atoms with Crippen LogP contribution in [0.2, 0.25) is 0 Å². The third-order valence-corrected chi connectivity index (χ3v) is 3.35. The van der Waals surface area contributed by atoms with Crippen LogP contribution in [-0.4, -0.2) is 28.5 Å². The number of benzene rings is 1. The molecule has 0 aliphatic carbocycles. The van der Waals surface area contributed by atoms with Gasteiger partial charge in [0, 0.05) is 6.04 Å². The number of hydrogen-bond donors (Lipinski definition) is 1. The maximum Gasteiger partial charge on any atom is 0.248 e. The Labute approximate surface area is 107 Å². The molecule has 0 radical (unpaired) electrons. The molecule has 1 saturated heterocycles. The maximum atomic E-state index is 11.6. The average Bonchev–Trinajstić information content (AvgIpc) is 2.67. The Morgan fingerprint density at radius 3 is 2.71 bits per heavy atom. The van der Waals surface area contributed by atoms with Gasteiger partial charge < -0.3 is 5.32 Å². The monoisotopic (exact) mass is 248 g/mol. The second kappa shape index (κ2) is 5.27. The fourth-order valence-electron chi connectivity index (χ4n) is 2.03. The largest absolute Gasteiger partial charge is 0.353 e. The van der Waals surface area contributed by atoms with Gasteiger partial charge in [-0.3, -0.25) is 9.69 Å². The van der Waals surface area contributed by atoms with Gasteiger partial charge in [-0.15, -0.1) is 0 Å². The van der Waals surface area contributed by atoms with Gasteiger partial charge in [-0.25, -0.2) is 0 Å². The second-order valence-electron chi connectivity index (χ2n) is 4.30. The first-order chi connectivity index (χ1) is 8.18. The number of carbonyl (C=O) groups excluding carboxylic acids is 1. The topological polar surface area (TPSA) is 32.3 Å². The van der Waals surface area contributed by atoms with Crippen molar-refractivity contribution in [3.63, 3.8) is 0 Å². The van der Waals surface area contributed by atoms with E-state index in [1.807, 2.05) is 25.1 Å². The van der Waals surface area contributed by atoms with Gasteiger partial charge in [0.1, 0.15) is 0 Å². The van der Waals surface area contributed by atoms with Gasteiger partial charge in [0.05, 0.1) is 6.54 Å². The van der Waals surface area contributed by atoms with E-state index in [9.17, 15) is 4.79 Å². The van der Waals surface area contributed by atoms with Crippen molar-refractivity contribution in [1.29, 1.82) is 0 Å². The number of rotatable bonds is 4. The van der Waals surface area contributed by atoms with Crippen LogP contribution in [0.4, 0.5) is 0 Å². The molecule has 1 aromatic rings. The van der Waals surface area contributed by atoms with Crippen LogP contribution in [-0.2, 0) is 11.2 Å². The SMILES string of the molecule is CC(CCc1ccccc1)N1C(=O)CNC1=S. The normalized spacial score (nSPS) is 17.1. The summed E-state index contributed by atoms with van der Waals surface area (Å²) in [6.45, 7) is 2.38. The molecule has 1 aliphatic heterocycles. The van der Waals surface area contributed by atoms with E-state index in [2.05, 4.69) is 17.4 Å². The van der Waals surface area contributed by atoms with Gasteiger partial charge in [-0.05, 0) is 37.5 Å². The Kier molecular flexibility index (Phi) is 3.74. The highest BCUT2D eigenvalue weighted by molar-refractivity contribution is 7.80. The van der Waals surface area contributed by atoms with E-state index in [-0.39, 0.29) is 11.9 Å². The number of nitrogens with zero attached hydrogens (tertiary/aromatic N) is 1. The second-order valence-corrected chi connectivity index (χ2v) is 4.68. The molecule has 0 aromatic heterocycles. The molecule has 0 saturated carbocycles. The number of aryl methyl sites for hydroxylation is 1. The summed E-state index contributed by atoms with van der Waals surface area (Å²) in [5.41, 5.74) is 1.30. The third kappa shape index (κ3) is 2.82. The molecule has 1 amide bonds. The minimum Gasteiger partial charge on any atom is -0.353 e. The van der Waals surface area contributed by atoms with Gasteiger partial charge in [0.25, 0.3) is 0 Å². The standard InChI is InChI=1S/C13H16N2OS/c1-10(15-12(16)9-14-13(15)17)7-8-11-5-3-2-4-6-11/h2-6,10H,7-9H2,1H3,(H,14,17). The number of nitrogens with one attached hydrogen (secondary N) is 1. The molecular formula is C13H16N2OS. The van der Waals surface area contributed by atoms with Crippen molar-refractivity contribution in [2.24, 2.45) is 0 Å². The molecule has 1 fully saturated rings. The molecular weight excluding hydrogens is 232 g/mol. The average molecular weight is 248 g/mol. The van der Waals surface area contributed by atoms with E-state index < -0.39 is 0 Å². The Morgan fingerprint density at radius 1 is 1.41 bits per heavy atom. The zero-order valence-electron chi connectivity index (χ0n) is 9.85. The van der Waals surface area contributed by atoms with Gasteiger partial charge >= 0.3 is 0 Å². The molecule has 90 valence electrons. The summed E-state index contributed by atoms with van der Waals surface area (Å²) in [4.78, 5) is 13.3. The number of carbonyl (C=O) groups is 1. The van der Waals surface area contributed by atoms with Crippen LogP contribution in [0.3, 0.4) is 0 Å². The van der Waals surface area contributed by atoms with E-state index in [0.29, 0.717) is 11.7 Å². The van der Waals surface area contributed by atoms with Gasteiger partial charge in [-0.1, -0.05) is 30.3 Å². The Hall–Kier alpha value is -1.42. The molecule has 1 heterocycles. The van der Waals surface area contributed by atoms with E-state index >= 15 is 0 Å². The first kappa shape index (κ1) is 12.0. The van der Waals surface area contributed by atoms with Gasteiger partial charge in [-0.2, -0.15) is 0 Å². The minimum absolute atomic E-state index is 0.0792. The third-order valence-electron chi connectivity index (χ3n) is 3.01. The van der Waals surface area contributed by atoms with Crippen LogP contribution in [0.1, 0.15) is 18.9 Å². The van der Waals surface area contributed by atoms with Crippen LogP contribution in [0, 0.1) is 0 Å². The van der Waals surface area contributed by atoms with Crippen LogP contribution >= 0.6 is 12.2 Å². The zero-order chi connectivity index (χ0) is 12.3. The first-order valence-electron chi connectivity index (χ1n) is 5.82. The fourth-order valence-corrected chi connectivity index (χ4v) is 2.38. The van der Waals surface area contributed by atoms with Crippen molar-refractivity contribution in [3.8, 4) is 0 Å². The lowest BCUT2D eigenvalue weighted by Gasteiger charge is -2.23. The molecule has 0 spiro atoms. The zero-order valence-corrected chi connectivity index (χ0v) is 10.7. The summed E-state index contributed by atoms with van der Waals surface area (Å²) in [5.74, 6) is 0.0792. The molecule has 2 rings (SSSR count). The van der Waals surface area contributed by atoms with E-state index in [0.717, 1.165) is 12.8 Å². The summed E-state index contributed by atoms with van der Waals surface area (Å²) in [7, 11) is 0. The molecule has 1 unspecified atom stereocenters. The summed E-state index contributed by atoms with van der Waals surface area (Å²) in [6, 6.07) is 10.4. The molecule has 0 bridgehead atoms. The van der Waals surface area contributed by atoms with E-state index in [1.54, 1.807) is 4.90 Å². The van der Waals surface area contributed by atoms with Gasteiger partial charge in [0.2, 0.25) is 5.91 Å². The van der Waals surface area contributed by atoms with E-state index in [4.69, 9.17) is 12.2 Å². The van der Waals surface area contributed by atoms with Gasteiger partial charge in [0.15, 0.2) is 5.11 Å².